The highest BCUT2D eigenvalue weighted by Crippen LogP contribution is 2.37. The van der Waals surface area contributed by atoms with Crippen LogP contribution in [0.2, 0.25) is 0 Å². The van der Waals surface area contributed by atoms with E-state index in [0.717, 1.165) is 18.7 Å². The second-order valence-corrected chi connectivity index (χ2v) is 9.13. The molecule has 0 saturated carbocycles. The number of ketones is 2. The highest BCUT2D eigenvalue weighted by Gasteiger charge is 2.22. The SMILES string of the molecule is COc1cc2nccc(Oc3ccc(CC(=O)CC(=O)CN4CCc5ccccc54)cc3F)c2cc1OC. The maximum absolute atomic E-state index is 15.0. The van der Waals surface area contributed by atoms with Gasteiger partial charge in [0.05, 0.1) is 32.7 Å². The fourth-order valence-corrected chi connectivity index (χ4v) is 4.74. The largest absolute Gasteiger partial charge is 0.493 e. The van der Waals surface area contributed by atoms with Gasteiger partial charge in [-0.05, 0) is 47.9 Å². The van der Waals surface area contributed by atoms with Crippen LogP contribution in [0.25, 0.3) is 10.9 Å². The molecule has 0 N–H and O–H groups in total. The molecule has 5 rings (SSSR count). The van der Waals surface area contributed by atoms with Crippen LogP contribution in [-0.4, -0.2) is 43.9 Å². The first-order valence-corrected chi connectivity index (χ1v) is 12.3. The van der Waals surface area contributed by atoms with Gasteiger partial charge >= 0.3 is 0 Å². The van der Waals surface area contributed by atoms with Gasteiger partial charge in [0, 0.05) is 36.3 Å². The lowest BCUT2D eigenvalue weighted by Crippen LogP contribution is -2.29. The number of halogens is 1. The lowest BCUT2D eigenvalue weighted by molar-refractivity contribution is -0.125. The van der Waals surface area contributed by atoms with Crippen LogP contribution in [0.4, 0.5) is 10.1 Å². The average Bonchev–Trinajstić information content (AvgIpc) is 3.32. The quantitative estimate of drug-likeness (QED) is 0.265. The van der Waals surface area contributed by atoms with E-state index in [-0.39, 0.29) is 36.7 Å². The second-order valence-electron chi connectivity index (χ2n) is 9.13. The number of rotatable bonds is 10. The Bertz CT molecular complexity index is 1520. The average molecular weight is 515 g/mol. The number of methoxy groups -OCH3 is 2. The van der Waals surface area contributed by atoms with Crippen molar-refractivity contribution in [1.82, 2.24) is 4.98 Å². The van der Waals surface area contributed by atoms with E-state index in [0.29, 0.717) is 33.7 Å². The fourth-order valence-electron chi connectivity index (χ4n) is 4.74. The highest BCUT2D eigenvalue weighted by molar-refractivity contribution is 6.01. The molecule has 0 atom stereocenters. The van der Waals surface area contributed by atoms with Crippen LogP contribution >= 0.6 is 0 Å². The van der Waals surface area contributed by atoms with Crippen molar-refractivity contribution in [2.75, 3.05) is 32.2 Å². The molecular formula is C30H27FN2O5. The van der Waals surface area contributed by atoms with Crippen molar-refractivity contribution in [3.05, 3.63) is 83.8 Å². The number of aromatic nitrogens is 1. The summed E-state index contributed by atoms with van der Waals surface area (Å²) in [5, 5.41) is 0.628. The normalized spacial score (nSPS) is 12.3. The lowest BCUT2D eigenvalue weighted by atomic mass is 10.0. The molecule has 0 fully saturated rings. The first-order valence-electron chi connectivity index (χ1n) is 12.3. The standard InChI is InChI=1S/C30H27FN2O5/c1-36-29-16-23-25(17-30(29)37-2)32-11-9-27(23)38-28-8-7-19(14-24(28)31)13-21(34)15-22(35)18-33-12-10-20-5-3-4-6-26(20)33/h3-9,11,14,16-17H,10,12-13,15,18H2,1-2H3. The lowest BCUT2D eigenvalue weighted by Gasteiger charge is -2.18. The van der Waals surface area contributed by atoms with Crippen molar-refractivity contribution in [1.29, 1.82) is 0 Å². The number of pyridine rings is 1. The Morgan fingerprint density at radius 1 is 0.921 bits per heavy atom. The molecule has 0 spiro atoms. The predicted octanol–water partition coefficient (Wildman–Crippen LogP) is 5.32. The van der Waals surface area contributed by atoms with Gasteiger partial charge in [0.2, 0.25) is 0 Å². The summed E-state index contributed by atoms with van der Waals surface area (Å²) >= 11 is 0. The molecule has 38 heavy (non-hydrogen) atoms. The number of hydrogen-bond donors (Lipinski definition) is 0. The first-order chi connectivity index (χ1) is 18.4. The zero-order valence-corrected chi connectivity index (χ0v) is 21.2. The molecule has 0 radical (unpaired) electrons. The van der Waals surface area contributed by atoms with E-state index in [1.54, 1.807) is 30.5 Å². The second kappa shape index (κ2) is 10.9. The number of carbonyl (C=O) groups is 2. The third-order valence-electron chi connectivity index (χ3n) is 6.57. The molecular weight excluding hydrogens is 487 g/mol. The number of hydrogen-bond acceptors (Lipinski definition) is 7. The molecule has 1 aromatic heterocycles. The number of fused-ring (bicyclic) bond motifs is 2. The fraction of sp³-hybridized carbons (Fsp3) is 0.233. The Morgan fingerprint density at radius 3 is 2.50 bits per heavy atom. The molecule has 4 aromatic rings. The summed E-state index contributed by atoms with van der Waals surface area (Å²) in [5.74, 6) is 0.408. The van der Waals surface area contributed by atoms with E-state index in [9.17, 15) is 14.0 Å². The molecule has 0 unspecified atom stereocenters. The summed E-state index contributed by atoms with van der Waals surface area (Å²) in [4.78, 5) is 31.4. The molecule has 0 bridgehead atoms. The third kappa shape index (κ3) is 5.29. The van der Waals surface area contributed by atoms with Crippen LogP contribution in [0.1, 0.15) is 17.5 Å². The number of para-hydroxylation sites is 1. The summed E-state index contributed by atoms with van der Waals surface area (Å²) in [7, 11) is 3.06. The van der Waals surface area contributed by atoms with E-state index in [4.69, 9.17) is 14.2 Å². The monoisotopic (exact) mass is 514 g/mol. The molecule has 2 heterocycles. The molecule has 194 valence electrons. The van der Waals surface area contributed by atoms with Crippen molar-refractivity contribution in [2.24, 2.45) is 0 Å². The maximum atomic E-state index is 15.0. The highest BCUT2D eigenvalue weighted by atomic mass is 19.1. The zero-order valence-electron chi connectivity index (χ0n) is 21.2. The van der Waals surface area contributed by atoms with E-state index in [1.807, 2.05) is 23.1 Å². The van der Waals surface area contributed by atoms with Crippen LogP contribution in [0.3, 0.4) is 0 Å². The Kier molecular flexibility index (Phi) is 7.22. The smallest absolute Gasteiger partial charge is 0.166 e. The topological polar surface area (TPSA) is 78.0 Å². The third-order valence-corrected chi connectivity index (χ3v) is 6.57. The minimum Gasteiger partial charge on any atom is -0.493 e. The van der Waals surface area contributed by atoms with Crippen molar-refractivity contribution in [3.63, 3.8) is 0 Å². The van der Waals surface area contributed by atoms with E-state index >= 15 is 0 Å². The van der Waals surface area contributed by atoms with Crippen LogP contribution in [0.5, 0.6) is 23.0 Å². The summed E-state index contributed by atoms with van der Waals surface area (Å²) in [6.07, 6.45) is 2.23. The molecule has 1 aliphatic heterocycles. The molecule has 0 aliphatic carbocycles. The van der Waals surface area contributed by atoms with Gasteiger partial charge in [0.15, 0.2) is 28.8 Å². The van der Waals surface area contributed by atoms with Gasteiger partial charge < -0.3 is 19.1 Å². The van der Waals surface area contributed by atoms with Crippen molar-refractivity contribution in [3.8, 4) is 23.0 Å². The van der Waals surface area contributed by atoms with Crippen molar-refractivity contribution in [2.45, 2.75) is 19.3 Å². The maximum Gasteiger partial charge on any atom is 0.166 e. The van der Waals surface area contributed by atoms with Crippen LogP contribution in [-0.2, 0) is 22.4 Å². The molecule has 1 aliphatic rings. The number of benzene rings is 3. The molecule has 0 amide bonds. The van der Waals surface area contributed by atoms with Gasteiger partial charge in [-0.3, -0.25) is 14.6 Å². The van der Waals surface area contributed by atoms with Gasteiger partial charge in [-0.1, -0.05) is 24.3 Å². The molecule has 7 nitrogen and oxygen atoms in total. The van der Waals surface area contributed by atoms with Gasteiger partial charge in [0.25, 0.3) is 0 Å². The first kappa shape index (κ1) is 25.2. The van der Waals surface area contributed by atoms with E-state index < -0.39 is 5.82 Å². The minimum atomic E-state index is -0.610. The minimum absolute atomic E-state index is 0.00672. The summed E-state index contributed by atoms with van der Waals surface area (Å²) in [6, 6.07) is 17.4. The van der Waals surface area contributed by atoms with E-state index in [2.05, 4.69) is 11.1 Å². The Balaban J connectivity index is 1.23. The van der Waals surface area contributed by atoms with Crippen molar-refractivity contribution >= 4 is 28.2 Å². The zero-order chi connectivity index (χ0) is 26.6. The van der Waals surface area contributed by atoms with Gasteiger partial charge in [-0.25, -0.2) is 4.39 Å². The van der Waals surface area contributed by atoms with Crippen LogP contribution in [0.15, 0.2) is 66.9 Å². The van der Waals surface area contributed by atoms with Gasteiger partial charge in [-0.15, -0.1) is 0 Å². The molecule has 0 saturated heterocycles. The number of carbonyl (C=O) groups excluding carboxylic acids is 2. The Morgan fingerprint density at radius 2 is 1.71 bits per heavy atom. The van der Waals surface area contributed by atoms with Gasteiger partial charge in [-0.2, -0.15) is 0 Å². The summed E-state index contributed by atoms with van der Waals surface area (Å²) < 4.78 is 31.5. The predicted molar refractivity (Wildman–Crippen MR) is 142 cm³/mol. The summed E-state index contributed by atoms with van der Waals surface area (Å²) in [6.45, 7) is 0.958. The Labute approximate surface area is 219 Å². The van der Waals surface area contributed by atoms with Crippen LogP contribution in [0, 0.1) is 5.82 Å². The summed E-state index contributed by atoms with van der Waals surface area (Å²) in [5.41, 5.74) is 3.34. The van der Waals surface area contributed by atoms with Crippen LogP contribution < -0.4 is 19.1 Å². The number of anilines is 1. The Hall–Kier alpha value is -4.46. The van der Waals surface area contributed by atoms with E-state index in [1.165, 1.54) is 31.9 Å². The molecule has 3 aromatic carbocycles. The number of Topliss-reactive ketones (excluding diaryl/α,β-unsaturated/α-hetero) is 2. The number of nitrogens with zero attached hydrogens (tertiary/aromatic N) is 2. The van der Waals surface area contributed by atoms with Gasteiger partial charge in [0.1, 0.15) is 11.5 Å². The van der Waals surface area contributed by atoms with Crippen molar-refractivity contribution < 1.29 is 28.2 Å². The molecule has 8 heteroatoms. The number of ether oxygens (including phenoxy) is 3.